The van der Waals surface area contributed by atoms with Gasteiger partial charge in [0.1, 0.15) is 5.82 Å². The van der Waals surface area contributed by atoms with Crippen molar-refractivity contribution in [3.8, 4) is 28.4 Å². The molecule has 0 saturated heterocycles. The second kappa shape index (κ2) is 13.5. The van der Waals surface area contributed by atoms with Crippen LogP contribution in [0.25, 0.3) is 44.4 Å². The van der Waals surface area contributed by atoms with Gasteiger partial charge in [-0.05, 0) is 112 Å². The third kappa shape index (κ3) is 6.25. The van der Waals surface area contributed by atoms with Gasteiger partial charge in [-0.3, -0.25) is 0 Å². The monoisotopic (exact) mass is 846 g/mol. The zero-order valence-electron chi connectivity index (χ0n) is 29.9. The van der Waals surface area contributed by atoms with Crippen LogP contribution in [0.1, 0.15) is 38.9 Å². The van der Waals surface area contributed by atoms with E-state index in [9.17, 15) is 0 Å². The number of fused-ring (bicyclic) bond motifs is 3. The van der Waals surface area contributed by atoms with Crippen molar-refractivity contribution in [1.82, 2.24) is 14.5 Å². The molecule has 1 aliphatic heterocycles. The molecular formula is C45H39N4OPt-3. The number of aryl methyl sites for hydroxylation is 6. The van der Waals surface area contributed by atoms with Crippen LogP contribution in [0.5, 0.6) is 11.5 Å². The van der Waals surface area contributed by atoms with Gasteiger partial charge in [-0.25, -0.2) is 4.98 Å². The predicted molar refractivity (Wildman–Crippen MR) is 206 cm³/mol. The summed E-state index contributed by atoms with van der Waals surface area (Å²) in [6, 6.07) is 38.9. The Morgan fingerprint density at radius 3 is 2.06 bits per heavy atom. The van der Waals surface area contributed by atoms with Gasteiger partial charge in [-0.1, -0.05) is 59.1 Å². The summed E-state index contributed by atoms with van der Waals surface area (Å²) in [6.07, 6.45) is 4.07. The third-order valence-corrected chi connectivity index (χ3v) is 9.62. The van der Waals surface area contributed by atoms with Crippen LogP contribution >= 0.6 is 0 Å². The number of hydrogen-bond donors (Lipinski definition) is 0. The topological polar surface area (TPSA) is 33.5 Å². The van der Waals surface area contributed by atoms with Crippen LogP contribution in [-0.4, -0.2) is 21.5 Å². The van der Waals surface area contributed by atoms with E-state index in [0.717, 1.165) is 44.6 Å². The third-order valence-electron chi connectivity index (χ3n) is 9.62. The van der Waals surface area contributed by atoms with Gasteiger partial charge in [0, 0.05) is 55.5 Å². The summed E-state index contributed by atoms with van der Waals surface area (Å²) in [5.74, 6) is 2.07. The van der Waals surface area contributed by atoms with E-state index in [0.29, 0.717) is 11.5 Å². The number of nitrogens with zero attached hydrogens (tertiary/aromatic N) is 4. The minimum Gasteiger partial charge on any atom is -0.509 e. The van der Waals surface area contributed by atoms with Gasteiger partial charge < -0.3 is 19.1 Å². The maximum atomic E-state index is 6.48. The van der Waals surface area contributed by atoms with E-state index in [2.05, 4.69) is 155 Å². The van der Waals surface area contributed by atoms with E-state index < -0.39 is 0 Å². The van der Waals surface area contributed by atoms with E-state index in [1.54, 1.807) is 0 Å². The second-order valence-corrected chi connectivity index (χ2v) is 13.5. The van der Waals surface area contributed by atoms with Gasteiger partial charge in [0.05, 0.1) is 0 Å². The number of aromatic nitrogens is 2. The van der Waals surface area contributed by atoms with E-state index in [4.69, 9.17) is 9.72 Å². The van der Waals surface area contributed by atoms with Gasteiger partial charge >= 0.3 is 0 Å². The molecule has 3 heterocycles. The number of ether oxygens (including phenoxy) is 1. The molecule has 258 valence electrons. The molecule has 6 heteroatoms. The Kier molecular flexibility index (Phi) is 9.12. The molecule has 0 fully saturated rings. The Morgan fingerprint density at radius 2 is 1.33 bits per heavy atom. The van der Waals surface area contributed by atoms with Crippen LogP contribution in [0, 0.1) is 60.3 Å². The minimum absolute atomic E-state index is 0. The van der Waals surface area contributed by atoms with Crippen molar-refractivity contribution >= 4 is 33.2 Å². The van der Waals surface area contributed by atoms with Crippen molar-refractivity contribution in [1.29, 1.82) is 0 Å². The van der Waals surface area contributed by atoms with Crippen molar-refractivity contribution in [2.45, 2.75) is 41.5 Å². The van der Waals surface area contributed by atoms with E-state index in [-0.39, 0.29) is 21.1 Å². The molecule has 0 radical (unpaired) electrons. The molecule has 8 rings (SSSR count). The molecule has 1 aliphatic rings. The zero-order chi connectivity index (χ0) is 34.7. The summed E-state index contributed by atoms with van der Waals surface area (Å²) in [5, 5.41) is 2.23. The largest absolute Gasteiger partial charge is 0.509 e. The molecule has 5 nitrogen and oxygen atoms in total. The van der Waals surface area contributed by atoms with Gasteiger partial charge in [0.25, 0.3) is 0 Å². The molecule has 0 aliphatic carbocycles. The summed E-state index contributed by atoms with van der Waals surface area (Å²) in [6.45, 7) is 15.1. The summed E-state index contributed by atoms with van der Waals surface area (Å²) in [4.78, 5) is 9.14. The molecule has 2 aromatic heterocycles. The van der Waals surface area contributed by atoms with Gasteiger partial charge in [-0.2, -0.15) is 18.8 Å². The van der Waals surface area contributed by atoms with Crippen molar-refractivity contribution in [2.75, 3.05) is 11.9 Å². The molecule has 51 heavy (non-hydrogen) atoms. The SMILES string of the molecule is Cc1cc(C)c(C2=CN(c3[c-]c(Oc4[c-]c5c(cc4)c4ccccc4n5-c4cc(-c5c(C)cc(C)cc5C)ccn4)ccc3)[CH-]N2C)c(C)c1.[Pt]. The number of benzene rings is 5. The van der Waals surface area contributed by atoms with Gasteiger partial charge in [-0.15, -0.1) is 41.4 Å². The van der Waals surface area contributed by atoms with Crippen molar-refractivity contribution in [2.24, 2.45) is 0 Å². The van der Waals surface area contributed by atoms with Crippen LogP contribution in [0.2, 0.25) is 0 Å². The maximum absolute atomic E-state index is 6.48. The van der Waals surface area contributed by atoms with Gasteiger partial charge in [0.2, 0.25) is 0 Å². The molecule has 5 aromatic carbocycles. The van der Waals surface area contributed by atoms with Crippen LogP contribution < -0.4 is 9.64 Å². The first kappa shape index (κ1) is 34.3. The molecule has 0 spiro atoms. The molecular weight excluding hydrogens is 808 g/mol. The van der Waals surface area contributed by atoms with E-state index in [1.807, 2.05) is 30.5 Å². The Labute approximate surface area is 315 Å². The number of hydrogen-bond acceptors (Lipinski definition) is 4. The first-order valence-corrected chi connectivity index (χ1v) is 17.0. The number of rotatable bonds is 6. The van der Waals surface area contributed by atoms with Crippen molar-refractivity contribution < 1.29 is 25.8 Å². The standard InChI is InChI=1S/C45H39N4O.Pt/c1-28-19-30(3)44(31(4)20-28)34-17-18-46-43(23-34)49-40-14-9-8-13-38(40)39-16-15-37(25-41(39)49)50-36-12-10-11-35(24-36)48-26-42(47(7)27-48)45-32(5)21-29(2)22-33(45)6;/h8-23,26-27H,1-7H3;/q-3;. The number of anilines is 1. The molecule has 0 N–H and O–H groups in total. The van der Waals surface area contributed by atoms with Crippen molar-refractivity contribution in [3.05, 3.63) is 161 Å². The molecule has 0 amide bonds. The molecule has 0 atom stereocenters. The fourth-order valence-electron chi connectivity index (χ4n) is 7.73. The van der Waals surface area contributed by atoms with Crippen LogP contribution in [0.15, 0.2) is 103 Å². The fourth-order valence-corrected chi connectivity index (χ4v) is 7.73. The summed E-state index contributed by atoms with van der Waals surface area (Å²) >= 11 is 0. The van der Waals surface area contributed by atoms with E-state index in [1.165, 1.54) is 44.5 Å². The molecule has 0 bridgehead atoms. The maximum Gasteiger partial charge on any atom is 0.136 e. The first-order valence-electron chi connectivity index (χ1n) is 17.0. The molecule has 0 saturated carbocycles. The average Bonchev–Trinajstić information content (AvgIpc) is 3.61. The quantitative estimate of drug-likeness (QED) is 0.156. The summed E-state index contributed by atoms with van der Waals surface area (Å²) < 4.78 is 8.67. The number of para-hydroxylation sites is 1. The van der Waals surface area contributed by atoms with E-state index >= 15 is 0 Å². The Bertz CT molecular complexity index is 2450. The van der Waals surface area contributed by atoms with Gasteiger partial charge in [0.15, 0.2) is 0 Å². The molecule has 7 aromatic rings. The second-order valence-electron chi connectivity index (χ2n) is 13.5. The zero-order valence-corrected chi connectivity index (χ0v) is 32.2. The Balaban J connectivity index is 0.00000406. The average molecular weight is 847 g/mol. The normalized spacial score (nSPS) is 12.8. The Hall–Kier alpha value is -5.12. The summed E-state index contributed by atoms with van der Waals surface area (Å²) in [7, 11) is 2.09. The number of pyridine rings is 1. The summed E-state index contributed by atoms with van der Waals surface area (Å²) in [5.41, 5.74) is 15.3. The van der Waals surface area contributed by atoms with Crippen LogP contribution in [-0.2, 0) is 21.1 Å². The minimum atomic E-state index is 0. The van der Waals surface area contributed by atoms with Crippen LogP contribution in [0.4, 0.5) is 5.69 Å². The van der Waals surface area contributed by atoms with Crippen LogP contribution in [0.3, 0.4) is 0 Å². The Morgan fingerprint density at radius 1 is 0.667 bits per heavy atom. The predicted octanol–water partition coefficient (Wildman–Crippen LogP) is 11.0. The molecule has 0 unspecified atom stereocenters. The first-order chi connectivity index (χ1) is 24.1. The smallest absolute Gasteiger partial charge is 0.136 e. The van der Waals surface area contributed by atoms with Crippen molar-refractivity contribution in [3.63, 3.8) is 0 Å². The fraction of sp³-hybridized carbons (Fsp3) is 0.156.